The van der Waals surface area contributed by atoms with E-state index in [-0.39, 0.29) is 11.7 Å². The van der Waals surface area contributed by atoms with Gasteiger partial charge in [-0.3, -0.25) is 4.79 Å². The lowest BCUT2D eigenvalue weighted by atomic mass is 9.82. The van der Waals surface area contributed by atoms with Crippen LogP contribution in [0.1, 0.15) is 34.0 Å². The fraction of sp³-hybridized carbons (Fsp3) is 0.217. The summed E-state index contributed by atoms with van der Waals surface area (Å²) in [6.07, 6.45) is 2.77. The number of benzene rings is 2. The lowest BCUT2D eigenvalue weighted by molar-refractivity contribution is 0.0962. The number of ketones is 1. The summed E-state index contributed by atoms with van der Waals surface area (Å²) in [6, 6.07) is 15.4. The molecule has 150 valence electrons. The maximum Gasteiger partial charge on any atom is 0.252 e. The second kappa shape index (κ2) is 7.26. The van der Waals surface area contributed by atoms with Crippen molar-refractivity contribution < 1.29 is 14.3 Å². The summed E-state index contributed by atoms with van der Waals surface area (Å²) in [4.78, 5) is 21.8. The van der Waals surface area contributed by atoms with Crippen molar-refractivity contribution in [1.82, 2.24) is 19.6 Å². The molecule has 2 heterocycles. The van der Waals surface area contributed by atoms with Gasteiger partial charge >= 0.3 is 0 Å². The lowest BCUT2D eigenvalue weighted by Crippen LogP contribution is -2.22. The number of hydrogen-bond donors (Lipinski definition) is 0. The molecule has 30 heavy (non-hydrogen) atoms. The molecule has 0 aliphatic heterocycles. The predicted octanol–water partition coefficient (Wildman–Crippen LogP) is 3.72. The summed E-state index contributed by atoms with van der Waals surface area (Å²) in [6.45, 7) is 0. The number of Topliss-reactive ketones (excluding diaryl/α,β-unsaturated/α-hetero) is 1. The van der Waals surface area contributed by atoms with Gasteiger partial charge in [0.25, 0.3) is 5.78 Å². The molecule has 2 aromatic carbocycles. The zero-order chi connectivity index (χ0) is 20.7. The number of methoxy groups -OCH3 is 2. The molecule has 5 rings (SSSR count). The molecule has 0 radical (unpaired) electrons. The fourth-order valence-electron chi connectivity index (χ4n) is 3.92. The summed E-state index contributed by atoms with van der Waals surface area (Å²) in [7, 11) is 3.27. The van der Waals surface area contributed by atoms with Crippen molar-refractivity contribution in [3.8, 4) is 22.9 Å². The maximum atomic E-state index is 12.8. The van der Waals surface area contributed by atoms with Crippen LogP contribution in [0.3, 0.4) is 0 Å². The molecule has 0 bridgehead atoms. The molecule has 7 nitrogen and oxygen atoms in total. The van der Waals surface area contributed by atoms with Crippen LogP contribution in [0.15, 0.2) is 54.7 Å². The Morgan fingerprint density at radius 3 is 2.27 bits per heavy atom. The van der Waals surface area contributed by atoms with Crippen LogP contribution < -0.4 is 9.47 Å². The van der Waals surface area contributed by atoms with Crippen LogP contribution in [0.2, 0.25) is 0 Å². The highest BCUT2D eigenvalue weighted by atomic mass is 16.5. The van der Waals surface area contributed by atoms with Crippen molar-refractivity contribution in [3.05, 3.63) is 71.5 Å². The number of carbonyl (C=O) groups excluding carboxylic acids is 1. The summed E-state index contributed by atoms with van der Waals surface area (Å²) >= 11 is 0. The van der Waals surface area contributed by atoms with Crippen LogP contribution in [0.4, 0.5) is 0 Å². The van der Waals surface area contributed by atoms with Crippen LogP contribution in [-0.4, -0.2) is 39.6 Å². The van der Waals surface area contributed by atoms with E-state index in [0.29, 0.717) is 30.0 Å². The Morgan fingerprint density at radius 1 is 0.933 bits per heavy atom. The molecule has 4 aromatic rings. The average molecular weight is 400 g/mol. The molecule has 0 N–H and O–H groups in total. The van der Waals surface area contributed by atoms with Gasteiger partial charge in [0.2, 0.25) is 0 Å². The van der Waals surface area contributed by atoms with Crippen molar-refractivity contribution in [2.45, 2.75) is 18.8 Å². The zero-order valence-corrected chi connectivity index (χ0v) is 16.7. The SMILES string of the molecule is COc1ccc(-c2nc3ncc4c(n3n2)CC(c2ccc(OC)cc2)CC4=O)cc1. The molecule has 0 fully saturated rings. The third-order valence-electron chi connectivity index (χ3n) is 5.57. The van der Waals surface area contributed by atoms with Gasteiger partial charge in [0.15, 0.2) is 11.6 Å². The Kier molecular flexibility index (Phi) is 4.43. The van der Waals surface area contributed by atoms with Crippen molar-refractivity contribution in [1.29, 1.82) is 0 Å². The zero-order valence-electron chi connectivity index (χ0n) is 16.7. The van der Waals surface area contributed by atoms with Crippen molar-refractivity contribution >= 4 is 11.6 Å². The van der Waals surface area contributed by atoms with Crippen LogP contribution in [-0.2, 0) is 6.42 Å². The van der Waals surface area contributed by atoms with Gasteiger partial charge in [-0.1, -0.05) is 12.1 Å². The standard InChI is InChI=1S/C23H20N4O3/c1-29-17-7-3-14(4-8-17)16-11-20-19(21(28)12-16)13-24-23-25-22(26-27(20)23)15-5-9-18(30-2)10-6-15/h3-10,13,16H,11-12H2,1-2H3. The number of fused-ring (bicyclic) bond motifs is 3. The Labute approximate surface area is 173 Å². The molecule has 1 aliphatic rings. The topological polar surface area (TPSA) is 78.6 Å². The predicted molar refractivity (Wildman–Crippen MR) is 111 cm³/mol. The molecule has 1 aliphatic carbocycles. The maximum absolute atomic E-state index is 12.8. The molecule has 1 atom stereocenters. The first kappa shape index (κ1) is 18.3. The number of aromatic nitrogens is 4. The van der Waals surface area contributed by atoms with E-state index in [1.165, 1.54) is 0 Å². The van der Waals surface area contributed by atoms with Gasteiger partial charge in [0.05, 0.1) is 25.5 Å². The largest absolute Gasteiger partial charge is 0.497 e. The smallest absolute Gasteiger partial charge is 0.252 e. The number of rotatable bonds is 4. The minimum absolute atomic E-state index is 0.0768. The average Bonchev–Trinajstić information content (AvgIpc) is 3.24. The summed E-state index contributed by atoms with van der Waals surface area (Å²) in [5, 5.41) is 4.67. The van der Waals surface area contributed by atoms with E-state index >= 15 is 0 Å². The number of hydrogen-bond acceptors (Lipinski definition) is 6. The highest BCUT2D eigenvalue weighted by Gasteiger charge is 2.29. The Morgan fingerprint density at radius 2 is 1.60 bits per heavy atom. The first-order valence-electron chi connectivity index (χ1n) is 9.72. The molecule has 1 unspecified atom stereocenters. The van der Waals surface area contributed by atoms with E-state index in [9.17, 15) is 4.79 Å². The molecule has 0 saturated carbocycles. The molecule has 0 amide bonds. The molecule has 7 heteroatoms. The van der Waals surface area contributed by atoms with E-state index < -0.39 is 0 Å². The monoisotopic (exact) mass is 400 g/mol. The van der Waals surface area contributed by atoms with Gasteiger partial charge in [0, 0.05) is 18.2 Å². The van der Waals surface area contributed by atoms with Crippen LogP contribution in [0.25, 0.3) is 17.2 Å². The van der Waals surface area contributed by atoms with E-state index in [1.54, 1.807) is 24.9 Å². The van der Waals surface area contributed by atoms with Gasteiger partial charge in [-0.05, 0) is 54.3 Å². The number of nitrogens with zero attached hydrogens (tertiary/aromatic N) is 4. The number of ether oxygens (including phenoxy) is 2. The minimum Gasteiger partial charge on any atom is -0.497 e. The van der Waals surface area contributed by atoms with Crippen LogP contribution in [0.5, 0.6) is 11.5 Å². The van der Waals surface area contributed by atoms with Crippen molar-refractivity contribution in [2.75, 3.05) is 14.2 Å². The number of carbonyl (C=O) groups is 1. The van der Waals surface area contributed by atoms with E-state index in [2.05, 4.69) is 15.1 Å². The van der Waals surface area contributed by atoms with Gasteiger partial charge in [-0.25, -0.2) is 4.98 Å². The highest BCUT2D eigenvalue weighted by molar-refractivity contribution is 5.98. The second-order valence-corrected chi connectivity index (χ2v) is 7.30. The molecular formula is C23H20N4O3. The van der Waals surface area contributed by atoms with Gasteiger partial charge < -0.3 is 9.47 Å². The normalized spacial score (nSPS) is 15.8. The third kappa shape index (κ3) is 3.08. The summed E-state index contributed by atoms with van der Waals surface area (Å²) in [5.74, 6) is 2.78. The Balaban J connectivity index is 1.54. The molecular weight excluding hydrogens is 380 g/mol. The van der Waals surface area contributed by atoms with Crippen LogP contribution >= 0.6 is 0 Å². The summed E-state index contributed by atoms with van der Waals surface area (Å²) < 4.78 is 12.2. The second-order valence-electron chi connectivity index (χ2n) is 7.30. The first-order valence-corrected chi connectivity index (χ1v) is 9.72. The Bertz CT molecular complexity index is 1230. The third-order valence-corrected chi connectivity index (χ3v) is 5.57. The summed E-state index contributed by atoms with van der Waals surface area (Å²) in [5.41, 5.74) is 3.45. The molecule has 0 saturated heterocycles. The fourth-order valence-corrected chi connectivity index (χ4v) is 3.92. The van der Waals surface area contributed by atoms with Gasteiger partial charge in [-0.15, -0.1) is 5.10 Å². The van der Waals surface area contributed by atoms with E-state index in [4.69, 9.17) is 9.47 Å². The van der Waals surface area contributed by atoms with Gasteiger partial charge in [0.1, 0.15) is 11.5 Å². The van der Waals surface area contributed by atoms with Crippen molar-refractivity contribution in [2.24, 2.45) is 0 Å². The highest BCUT2D eigenvalue weighted by Crippen LogP contribution is 2.33. The quantitative estimate of drug-likeness (QED) is 0.520. The van der Waals surface area contributed by atoms with Crippen molar-refractivity contribution in [3.63, 3.8) is 0 Å². The van der Waals surface area contributed by atoms with E-state index in [0.717, 1.165) is 28.3 Å². The Hall–Kier alpha value is -3.74. The van der Waals surface area contributed by atoms with Gasteiger partial charge in [-0.2, -0.15) is 9.50 Å². The van der Waals surface area contributed by atoms with E-state index in [1.807, 2.05) is 48.5 Å². The lowest BCUT2D eigenvalue weighted by Gasteiger charge is -2.24. The minimum atomic E-state index is 0.0768. The first-order chi connectivity index (χ1) is 14.7. The van der Waals surface area contributed by atoms with Crippen LogP contribution in [0, 0.1) is 0 Å². The molecule has 2 aromatic heterocycles. The molecule has 0 spiro atoms.